The lowest BCUT2D eigenvalue weighted by atomic mass is 10.1. The van der Waals surface area contributed by atoms with E-state index < -0.39 is 10.0 Å². The maximum atomic E-state index is 12.8. The van der Waals surface area contributed by atoms with Crippen LogP contribution in [0, 0.1) is 6.92 Å². The molecule has 1 amide bonds. The molecule has 0 aliphatic carbocycles. The maximum absolute atomic E-state index is 12.8. The predicted octanol–water partition coefficient (Wildman–Crippen LogP) is 4.09. The number of hydrogen-bond acceptors (Lipinski definition) is 5. The van der Waals surface area contributed by atoms with E-state index >= 15 is 0 Å². The van der Waals surface area contributed by atoms with Crippen LogP contribution in [0.4, 0.5) is 5.69 Å². The number of nitrogens with one attached hydrogen (secondary N) is 1. The second-order valence-electron chi connectivity index (χ2n) is 6.41. The molecule has 3 rings (SSSR count). The number of nitrogens with zero attached hydrogens (tertiary/aromatic N) is 2. The van der Waals surface area contributed by atoms with Gasteiger partial charge in [0.25, 0.3) is 15.9 Å². The van der Waals surface area contributed by atoms with Crippen LogP contribution in [-0.2, 0) is 10.0 Å². The molecule has 1 aromatic carbocycles. The zero-order valence-corrected chi connectivity index (χ0v) is 17.4. The molecule has 0 aliphatic heterocycles. The summed E-state index contributed by atoms with van der Waals surface area (Å²) >= 11 is 1.66. The number of sulfonamides is 1. The van der Waals surface area contributed by atoms with E-state index in [9.17, 15) is 13.2 Å². The Balaban J connectivity index is 1.75. The Morgan fingerprint density at radius 1 is 1.07 bits per heavy atom. The van der Waals surface area contributed by atoms with Crippen molar-refractivity contribution in [2.24, 2.45) is 0 Å². The molecule has 0 saturated heterocycles. The van der Waals surface area contributed by atoms with Crippen LogP contribution in [-0.4, -0.2) is 31.3 Å². The number of hydrogen-bond donors (Lipinski definition) is 1. The number of amides is 1. The van der Waals surface area contributed by atoms with Crippen LogP contribution in [0.3, 0.4) is 0 Å². The van der Waals surface area contributed by atoms with Gasteiger partial charge < -0.3 is 4.90 Å². The molecule has 0 spiro atoms. The first-order chi connectivity index (χ1) is 13.3. The summed E-state index contributed by atoms with van der Waals surface area (Å²) < 4.78 is 27.5. The third-order valence-corrected chi connectivity index (χ3v) is 6.99. The van der Waals surface area contributed by atoms with Crippen LogP contribution >= 0.6 is 11.3 Å². The smallest absolute Gasteiger partial charge is 0.261 e. The SMILES string of the molecule is Cc1ccc(C(C)N(C)C(=O)c2ccc(S(=O)(=O)Nc3ccncc3)cc2)s1. The van der Waals surface area contributed by atoms with E-state index in [0.717, 1.165) is 4.88 Å². The largest absolute Gasteiger partial charge is 0.334 e. The molecule has 6 nitrogen and oxygen atoms in total. The summed E-state index contributed by atoms with van der Waals surface area (Å²) in [5, 5.41) is 0. The summed E-state index contributed by atoms with van der Waals surface area (Å²) in [5.41, 5.74) is 0.862. The molecule has 2 aromatic heterocycles. The number of aromatic nitrogens is 1. The number of anilines is 1. The quantitative estimate of drug-likeness (QED) is 0.658. The summed E-state index contributed by atoms with van der Waals surface area (Å²) in [6.07, 6.45) is 3.01. The Labute approximate surface area is 168 Å². The van der Waals surface area contributed by atoms with Gasteiger partial charge in [-0.05, 0) is 62.4 Å². The molecule has 0 bridgehead atoms. The van der Waals surface area contributed by atoms with Gasteiger partial charge >= 0.3 is 0 Å². The van der Waals surface area contributed by atoms with Crippen molar-refractivity contribution in [2.45, 2.75) is 24.8 Å². The van der Waals surface area contributed by atoms with E-state index in [0.29, 0.717) is 11.3 Å². The normalized spacial score (nSPS) is 12.4. The standard InChI is InChI=1S/C20H21N3O3S2/c1-14-4-9-19(27-14)15(2)23(3)20(24)16-5-7-18(8-6-16)28(25,26)22-17-10-12-21-13-11-17/h4-13,15H,1-3H3,(H,21,22). The van der Waals surface area contributed by atoms with Crippen LogP contribution in [0.25, 0.3) is 0 Å². The Morgan fingerprint density at radius 2 is 1.71 bits per heavy atom. The van der Waals surface area contributed by atoms with Crippen molar-refractivity contribution in [3.05, 3.63) is 76.2 Å². The molecule has 28 heavy (non-hydrogen) atoms. The first-order valence-electron chi connectivity index (χ1n) is 8.64. The second-order valence-corrected chi connectivity index (χ2v) is 9.41. The van der Waals surface area contributed by atoms with Crippen molar-refractivity contribution in [3.8, 4) is 0 Å². The second kappa shape index (κ2) is 8.12. The lowest BCUT2D eigenvalue weighted by Gasteiger charge is -2.24. The van der Waals surface area contributed by atoms with Gasteiger partial charge in [-0.1, -0.05) is 0 Å². The predicted molar refractivity (Wildman–Crippen MR) is 111 cm³/mol. The van der Waals surface area contributed by atoms with Crippen molar-refractivity contribution in [2.75, 3.05) is 11.8 Å². The van der Waals surface area contributed by atoms with Gasteiger partial charge in [-0.15, -0.1) is 11.3 Å². The lowest BCUT2D eigenvalue weighted by Crippen LogP contribution is -2.29. The van der Waals surface area contributed by atoms with Crippen LogP contribution in [0.1, 0.15) is 33.1 Å². The monoisotopic (exact) mass is 415 g/mol. The Kier molecular flexibility index (Phi) is 5.81. The van der Waals surface area contributed by atoms with E-state index in [2.05, 4.69) is 9.71 Å². The van der Waals surface area contributed by atoms with Crippen molar-refractivity contribution in [3.63, 3.8) is 0 Å². The zero-order valence-electron chi connectivity index (χ0n) is 15.8. The fraction of sp³-hybridized carbons (Fsp3) is 0.200. The number of carbonyl (C=O) groups excluding carboxylic acids is 1. The van der Waals surface area contributed by atoms with Crippen molar-refractivity contribution in [1.82, 2.24) is 9.88 Å². The Bertz CT molecular complexity index is 1060. The molecule has 1 N–H and O–H groups in total. The molecule has 1 atom stereocenters. The van der Waals surface area contributed by atoms with Crippen LogP contribution in [0.15, 0.2) is 65.8 Å². The third-order valence-electron chi connectivity index (χ3n) is 4.42. The summed E-state index contributed by atoms with van der Waals surface area (Å²) in [6, 6.07) is 13.1. The third kappa shape index (κ3) is 4.40. The van der Waals surface area contributed by atoms with Gasteiger partial charge in [-0.3, -0.25) is 14.5 Å². The number of pyridine rings is 1. The van der Waals surface area contributed by atoms with Crippen molar-refractivity contribution < 1.29 is 13.2 Å². The fourth-order valence-corrected chi connectivity index (χ4v) is 4.69. The van der Waals surface area contributed by atoms with E-state index in [-0.39, 0.29) is 16.8 Å². The summed E-state index contributed by atoms with van der Waals surface area (Å²) in [5.74, 6) is -0.162. The number of aryl methyl sites for hydroxylation is 1. The van der Waals surface area contributed by atoms with Gasteiger partial charge in [0.05, 0.1) is 16.6 Å². The van der Waals surface area contributed by atoms with Gasteiger partial charge in [0.2, 0.25) is 0 Å². The highest BCUT2D eigenvalue weighted by Gasteiger charge is 2.21. The van der Waals surface area contributed by atoms with Crippen LogP contribution in [0.2, 0.25) is 0 Å². The minimum Gasteiger partial charge on any atom is -0.334 e. The molecule has 8 heteroatoms. The van der Waals surface area contributed by atoms with Gasteiger partial charge in [-0.2, -0.15) is 0 Å². The average molecular weight is 416 g/mol. The van der Waals surface area contributed by atoms with E-state index in [1.165, 1.54) is 41.5 Å². The summed E-state index contributed by atoms with van der Waals surface area (Å²) in [6.45, 7) is 4.00. The highest BCUT2D eigenvalue weighted by Crippen LogP contribution is 2.27. The van der Waals surface area contributed by atoms with Gasteiger partial charge in [-0.25, -0.2) is 8.42 Å². The molecule has 1 unspecified atom stereocenters. The highest BCUT2D eigenvalue weighted by atomic mass is 32.2. The molecule has 0 saturated carbocycles. The van der Waals surface area contributed by atoms with Crippen LogP contribution < -0.4 is 4.72 Å². The van der Waals surface area contributed by atoms with Crippen molar-refractivity contribution in [1.29, 1.82) is 0 Å². The Hall–Kier alpha value is -2.71. The molecule has 146 valence electrons. The number of benzene rings is 1. The fourth-order valence-electron chi connectivity index (χ4n) is 2.66. The molecular weight excluding hydrogens is 394 g/mol. The molecule has 0 fully saturated rings. The number of carbonyl (C=O) groups is 1. The molecule has 0 aliphatic rings. The first kappa shape index (κ1) is 20.0. The minimum atomic E-state index is -3.73. The molecular formula is C20H21N3O3S2. The summed E-state index contributed by atoms with van der Waals surface area (Å²) in [7, 11) is -1.99. The zero-order chi connectivity index (χ0) is 20.3. The average Bonchev–Trinajstić information content (AvgIpc) is 3.13. The Morgan fingerprint density at radius 3 is 2.29 bits per heavy atom. The molecule has 2 heterocycles. The molecule has 3 aromatic rings. The lowest BCUT2D eigenvalue weighted by molar-refractivity contribution is 0.0745. The highest BCUT2D eigenvalue weighted by molar-refractivity contribution is 7.92. The van der Waals surface area contributed by atoms with Gasteiger partial charge in [0.1, 0.15) is 0 Å². The van der Waals surface area contributed by atoms with Crippen molar-refractivity contribution >= 4 is 33.0 Å². The minimum absolute atomic E-state index is 0.0667. The summed E-state index contributed by atoms with van der Waals surface area (Å²) in [4.78, 5) is 20.7. The van der Waals surface area contributed by atoms with Crippen LogP contribution in [0.5, 0.6) is 0 Å². The van der Waals surface area contributed by atoms with Gasteiger partial charge in [0, 0.05) is 34.8 Å². The van der Waals surface area contributed by atoms with E-state index in [1.54, 1.807) is 35.4 Å². The maximum Gasteiger partial charge on any atom is 0.261 e. The van der Waals surface area contributed by atoms with Gasteiger partial charge in [0.15, 0.2) is 0 Å². The molecule has 0 radical (unpaired) electrons. The van der Waals surface area contributed by atoms with E-state index in [4.69, 9.17) is 0 Å². The van der Waals surface area contributed by atoms with E-state index in [1.807, 2.05) is 26.0 Å². The first-order valence-corrected chi connectivity index (χ1v) is 10.9. The topological polar surface area (TPSA) is 79.4 Å². The number of thiophene rings is 1. The number of rotatable bonds is 6.